The molecule has 0 aromatic carbocycles. The Bertz CT molecular complexity index is 377. The third-order valence-electron chi connectivity index (χ3n) is 4.10. The van der Waals surface area contributed by atoms with Crippen LogP contribution >= 0.6 is 17.1 Å². The van der Waals surface area contributed by atoms with Crippen LogP contribution in [0.3, 0.4) is 0 Å². The predicted octanol–water partition coefficient (Wildman–Crippen LogP) is 7.26. The Kier molecular flexibility index (Phi) is 17.0. The Morgan fingerprint density at radius 2 is 0.786 bits per heavy atom. The van der Waals surface area contributed by atoms with Crippen molar-refractivity contribution in [3.63, 3.8) is 0 Å². The van der Waals surface area contributed by atoms with Crippen molar-refractivity contribution in [3.05, 3.63) is 0 Å². The zero-order valence-corrected chi connectivity index (χ0v) is 26.5. The topological polar surface area (TPSA) is 9.72 Å². The molecule has 0 amide bonds. The van der Waals surface area contributed by atoms with Gasteiger partial charge in [0.15, 0.2) is 0 Å². The molecule has 0 atom stereocenters. The molecule has 0 spiro atoms. The maximum absolute atomic E-state index is 4.14. The quantitative estimate of drug-likeness (QED) is 0.214. The Morgan fingerprint density at radius 3 is 0.929 bits per heavy atom. The second-order valence-electron chi connectivity index (χ2n) is 9.84. The second kappa shape index (κ2) is 15.1. The zero-order chi connectivity index (χ0) is 22.9. The summed E-state index contributed by atoms with van der Waals surface area (Å²) in [6.07, 6.45) is 0. The SMILES string of the molecule is CC(C)N(C(=P)P(N(C(C)C)C(C)C)N(C(C)C)C(C)C)C(C)C.[CH3][Sn]([CH3])[CH3]. The van der Waals surface area contributed by atoms with Crippen LogP contribution in [-0.4, -0.2) is 75.4 Å². The fourth-order valence-corrected chi connectivity index (χ4v) is 7.90. The first kappa shape index (κ1) is 31.5. The Hall–Kier alpha value is 1.28. The molecule has 0 heterocycles. The van der Waals surface area contributed by atoms with Gasteiger partial charge in [0.05, 0.1) is 13.4 Å². The first-order chi connectivity index (χ1) is 12.6. The van der Waals surface area contributed by atoms with Gasteiger partial charge in [-0.3, -0.25) is 14.2 Å². The molecule has 0 aliphatic carbocycles. The van der Waals surface area contributed by atoms with Crippen molar-refractivity contribution in [3.8, 4) is 0 Å². The van der Waals surface area contributed by atoms with Gasteiger partial charge in [-0.15, -0.1) is 0 Å². The summed E-state index contributed by atoms with van der Waals surface area (Å²) >= 11 is -0.543. The van der Waals surface area contributed by atoms with Crippen molar-refractivity contribution in [2.45, 2.75) is 134 Å². The van der Waals surface area contributed by atoms with Crippen LogP contribution in [0.2, 0.25) is 14.8 Å². The van der Waals surface area contributed by atoms with E-state index in [1.807, 2.05) is 0 Å². The van der Waals surface area contributed by atoms with Gasteiger partial charge < -0.3 is 0 Å². The molecule has 0 saturated heterocycles. The first-order valence-electron chi connectivity index (χ1n) is 11.1. The van der Waals surface area contributed by atoms with Crippen molar-refractivity contribution in [1.82, 2.24) is 14.2 Å². The van der Waals surface area contributed by atoms with E-state index in [0.717, 1.165) is 0 Å². The first-order valence-corrected chi connectivity index (χ1v) is 21.4. The van der Waals surface area contributed by atoms with Crippen molar-refractivity contribution >= 4 is 42.0 Å². The van der Waals surface area contributed by atoms with Gasteiger partial charge in [0.1, 0.15) is 0 Å². The van der Waals surface area contributed by atoms with Crippen LogP contribution in [0.25, 0.3) is 0 Å². The van der Waals surface area contributed by atoms with E-state index in [2.05, 4.69) is 121 Å². The van der Waals surface area contributed by atoms with Gasteiger partial charge in [0.25, 0.3) is 0 Å². The van der Waals surface area contributed by atoms with E-state index in [1.165, 1.54) is 5.16 Å². The molecule has 169 valence electrons. The van der Waals surface area contributed by atoms with E-state index in [1.54, 1.807) is 0 Å². The molecule has 1 radical (unpaired) electrons. The summed E-state index contributed by atoms with van der Waals surface area (Å²) in [6.45, 7) is 27.7. The molecule has 0 N–H and O–H groups in total. The number of hydrogen-bond acceptors (Lipinski definition) is 2. The predicted molar refractivity (Wildman–Crippen MR) is 140 cm³/mol. The molecule has 0 saturated carbocycles. The summed E-state index contributed by atoms with van der Waals surface area (Å²) in [4.78, 5) is 9.63. The van der Waals surface area contributed by atoms with E-state index < -0.39 is 28.0 Å². The van der Waals surface area contributed by atoms with Crippen LogP contribution in [-0.2, 0) is 0 Å². The van der Waals surface area contributed by atoms with Gasteiger partial charge in [-0.25, -0.2) is 0 Å². The van der Waals surface area contributed by atoms with Crippen molar-refractivity contribution in [2.75, 3.05) is 0 Å². The molecule has 6 heteroatoms. The van der Waals surface area contributed by atoms with E-state index in [9.17, 15) is 0 Å². The van der Waals surface area contributed by atoms with E-state index in [-0.39, 0.29) is 0 Å². The summed E-state index contributed by atoms with van der Waals surface area (Å²) in [7, 11) is 3.55. The zero-order valence-electron chi connectivity index (χ0n) is 21.8. The molecular formula is C22H52N3P2Sn. The number of hydrogen-bond donors (Lipinski definition) is 0. The Morgan fingerprint density at radius 1 is 0.571 bits per heavy atom. The fraction of sp³-hybridized carbons (Fsp3) is 0.955. The molecule has 0 aliphatic heterocycles. The van der Waals surface area contributed by atoms with E-state index in [0.29, 0.717) is 36.3 Å². The second-order valence-corrected chi connectivity index (χ2v) is 21.2. The molecule has 0 rings (SSSR count). The van der Waals surface area contributed by atoms with Crippen LogP contribution in [0.1, 0.15) is 83.1 Å². The molecule has 28 heavy (non-hydrogen) atoms. The average molecular weight is 539 g/mol. The van der Waals surface area contributed by atoms with Crippen LogP contribution in [0.5, 0.6) is 0 Å². The van der Waals surface area contributed by atoms with Crippen LogP contribution in [0.4, 0.5) is 0 Å². The molecule has 3 nitrogen and oxygen atoms in total. The van der Waals surface area contributed by atoms with Crippen LogP contribution < -0.4 is 0 Å². The summed E-state index contributed by atoms with van der Waals surface area (Å²) in [5.41, 5.74) is 0. The standard InChI is InChI=1S/C19H43N3P2.3CH3.Sn/c1-13(2)20(14(3)4)19(23)24(21(15(5)6)16(7)8)22(17(9)10)18(11)12;;;;/h13-18,23H,1-12H3;3*1H3;. The maximum atomic E-state index is 4.14. The van der Waals surface area contributed by atoms with Crippen molar-refractivity contribution in [1.29, 1.82) is 0 Å². The van der Waals surface area contributed by atoms with Gasteiger partial charge in [-0.1, -0.05) is 8.86 Å². The van der Waals surface area contributed by atoms with E-state index in [4.69, 9.17) is 0 Å². The van der Waals surface area contributed by atoms with Gasteiger partial charge in [0.2, 0.25) is 0 Å². The third-order valence-corrected chi connectivity index (χ3v) is 8.29. The average Bonchev–Trinajstić information content (AvgIpc) is 2.42. The molecule has 0 aromatic rings. The Labute approximate surface area is 189 Å². The molecule has 0 aliphatic rings. The van der Waals surface area contributed by atoms with Gasteiger partial charge in [0, 0.05) is 36.3 Å². The van der Waals surface area contributed by atoms with Gasteiger partial charge in [-0.2, -0.15) is 0 Å². The van der Waals surface area contributed by atoms with Gasteiger partial charge in [-0.05, 0) is 83.1 Å². The third kappa shape index (κ3) is 11.1. The summed E-state index contributed by atoms with van der Waals surface area (Å²) in [6, 6.07) is 2.97. The van der Waals surface area contributed by atoms with Gasteiger partial charge >= 0.3 is 34.6 Å². The molecule has 0 unspecified atom stereocenters. The molecular weight excluding hydrogens is 487 g/mol. The van der Waals surface area contributed by atoms with Crippen LogP contribution in [0.15, 0.2) is 0 Å². The summed E-state index contributed by atoms with van der Waals surface area (Å²) < 4.78 is 5.38. The van der Waals surface area contributed by atoms with Crippen molar-refractivity contribution < 1.29 is 0 Å². The minimum absolute atomic E-state index is 0.477. The van der Waals surface area contributed by atoms with Crippen molar-refractivity contribution in [2.24, 2.45) is 0 Å². The Balaban J connectivity index is 0. The fourth-order valence-electron chi connectivity index (χ4n) is 3.59. The van der Waals surface area contributed by atoms with Crippen LogP contribution in [0, 0.1) is 0 Å². The number of rotatable bonds is 10. The molecule has 0 bridgehead atoms. The minimum atomic E-state index is -0.588. The van der Waals surface area contributed by atoms with E-state index >= 15 is 0 Å². The molecule has 0 aromatic heterocycles. The summed E-state index contributed by atoms with van der Waals surface area (Å²) in [5, 5.41) is 1.35. The normalized spacial score (nSPS) is 12.9. The molecule has 0 fully saturated rings. The number of nitrogens with zero attached hydrogens (tertiary/aromatic N) is 3. The summed E-state index contributed by atoms with van der Waals surface area (Å²) in [5.74, 6) is 0. The monoisotopic (exact) mass is 540 g/mol.